The third-order valence-corrected chi connectivity index (χ3v) is 4.70. The van der Waals surface area contributed by atoms with Crippen molar-refractivity contribution in [2.24, 2.45) is 0 Å². The zero-order chi connectivity index (χ0) is 16.2. The summed E-state index contributed by atoms with van der Waals surface area (Å²) in [6, 6.07) is 7.41. The Bertz CT molecular complexity index is 721. The molecule has 7 heteroatoms. The fraction of sp³-hybridized carbons (Fsp3) is 0.400. The summed E-state index contributed by atoms with van der Waals surface area (Å²) in [6.07, 6.45) is 0.491. The molecule has 0 bridgehead atoms. The molecular formula is C15H20N2O4S. The van der Waals surface area contributed by atoms with Crippen LogP contribution in [-0.2, 0) is 16.4 Å². The minimum absolute atomic E-state index is 0.0713. The summed E-state index contributed by atoms with van der Waals surface area (Å²) in [6.45, 7) is 3.74. The fourth-order valence-corrected chi connectivity index (χ4v) is 2.56. The van der Waals surface area contributed by atoms with E-state index < -0.39 is 10.0 Å². The molecule has 2 rings (SSSR count). The molecule has 1 N–H and O–H groups in total. The van der Waals surface area contributed by atoms with E-state index in [0.717, 1.165) is 17.0 Å². The van der Waals surface area contributed by atoms with Crippen LogP contribution in [0.5, 0.6) is 5.75 Å². The van der Waals surface area contributed by atoms with Gasteiger partial charge in [0.2, 0.25) is 15.9 Å². The number of methoxy groups -OCH3 is 1. The average Bonchev–Trinajstić information content (AvgIpc) is 2.88. The SMILES string of the molecule is CCS(=O)(=O)NCCc1nc(-c2ccc(OC)cc2)oc1C. The molecule has 0 saturated carbocycles. The molecule has 6 nitrogen and oxygen atoms in total. The predicted molar refractivity (Wildman–Crippen MR) is 84.4 cm³/mol. The molecule has 1 aromatic heterocycles. The first-order chi connectivity index (χ1) is 10.4. The molecule has 0 aliphatic carbocycles. The van der Waals surface area contributed by atoms with Crippen molar-refractivity contribution in [3.8, 4) is 17.2 Å². The summed E-state index contributed by atoms with van der Waals surface area (Å²) in [5.41, 5.74) is 1.61. The minimum Gasteiger partial charge on any atom is -0.497 e. The lowest BCUT2D eigenvalue weighted by Gasteiger charge is -2.02. The van der Waals surface area contributed by atoms with E-state index in [-0.39, 0.29) is 5.75 Å². The van der Waals surface area contributed by atoms with Gasteiger partial charge >= 0.3 is 0 Å². The topological polar surface area (TPSA) is 81.4 Å². The van der Waals surface area contributed by atoms with E-state index in [1.165, 1.54) is 0 Å². The maximum Gasteiger partial charge on any atom is 0.226 e. The van der Waals surface area contributed by atoms with Crippen molar-refractivity contribution in [2.45, 2.75) is 20.3 Å². The second-order valence-corrected chi connectivity index (χ2v) is 6.89. The van der Waals surface area contributed by atoms with Gasteiger partial charge in [-0.05, 0) is 38.1 Å². The lowest BCUT2D eigenvalue weighted by Crippen LogP contribution is -2.27. The van der Waals surface area contributed by atoms with Gasteiger partial charge in [-0.25, -0.2) is 18.1 Å². The summed E-state index contributed by atoms with van der Waals surface area (Å²) in [5.74, 6) is 2.05. The maximum atomic E-state index is 11.4. The van der Waals surface area contributed by atoms with Crippen LogP contribution in [0.3, 0.4) is 0 Å². The van der Waals surface area contributed by atoms with Crippen molar-refractivity contribution in [1.82, 2.24) is 9.71 Å². The van der Waals surface area contributed by atoms with Gasteiger partial charge in [0, 0.05) is 18.5 Å². The van der Waals surface area contributed by atoms with E-state index in [4.69, 9.17) is 9.15 Å². The van der Waals surface area contributed by atoms with Crippen LogP contribution in [0.1, 0.15) is 18.4 Å². The zero-order valence-electron chi connectivity index (χ0n) is 12.9. The number of hydrogen-bond donors (Lipinski definition) is 1. The Balaban J connectivity index is 2.07. The molecule has 0 fully saturated rings. The van der Waals surface area contributed by atoms with Gasteiger partial charge in [0.05, 0.1) is 18.6 Å². The van der Waals surface area contributed by atoms with Crippen molar-refractivity contribution in [1.29, 1.82) is 0 Å². The lowest BCUT2D eigenvalue weighted by atomic mass is 10.2. The Kier molecular flexibility index (Phi) is 5.20. The summed E-state index contributed by atoms with van der Waals surface area (Å²) < 4.78 is 36.1. The van der Waals surface area contributed by atoms with Crippen LogP contribution in [0.2, 0.25) is 0 Å². The zero-order valence-corrected chi connectivity index (χ0v) is 13.7. The minimum atomic E-state index is -3.18. The van der Waals surface area contributed by atoms with Gasteiger partial charge in [0.25, 0.3) is 0 Å². The highest BCUT2D eigenvalue weighted by Crippen LogP contribution is 2.24. The fourth-order valence-electron chi connectivity index (χ4n) is 1.94. The van der Waals surface area contributed by atoms with Gasteiger partial charge in [-0.1, -0.05) is 0 Å². The van der Waals surface area contributed by atoms with E-state index in [2.05, 4.69) is 9.71 Å². The van der Waals surface area contributed by atoms with Crippen molar-refractivity contribution >= 4 is 10.0 Å². The molecule has 22 heavy (non-hydrogen) atoms. The van der Waals surface area contributed by atoms with Crippen LogP contribution >= 0.6 is 0 Å². The van der Waals surface area contributed by atoms with E-state index >= 15 is 0 Å². The monoisotopic (exact) mass is 324 g/mol. The molecule has 0 aliphatic heterocycles. The van der Waals surface area contributed by atoms with E-state index in [0.29, 0.717) is 24.6 Å². The number of nitrogens with zero attached hydrogens (tertiary/aromatic N) is 1. The number of ether oxygens (including phenoxy) is 1. The van der Waals surface area contributed by atoms with Crippen LogP contribution in [0.4, 0.5) is 0 Å². The standard InChI is InChI=1S/C15H20N2O4S/c1-4-22(18,19)16-10-9-14-11(2)21-15(17-14)12-5-7-13(20-3)8-6-12/h5-8,16H,4,9-10H2,1-3H3. The number of rotatable bonds is 7. The largest absolute Gasteiger partial charge is 0.497 e. The second kappa shape index (κ2) is 6.93. The van der Waals surface area contributed by atoms with Gasteiger partial charge in [-0.3, -0.25) is 0 Å². The first-order valence-corrected chi connectivity index (χ1v) is 8.68. The number of benzene rings is 1. The smallest absolute Gasteiger partial charge is 0.226 e. The van der Waals surface area contributed by atoms with Crippen molar-refractivity contribution in [3.05, 3.63) is 35.7 Å². The third kappa shape index (κ3) is 4.08. The molecule has 1 aromatic carbocycles. The van der Waals surface area contributed by atoms with E-state index in [1.807, 2.05) is 31.2 Å². The third-order valence-electron chi connectivity index (χ3n) is 3.29. The number of nitrogens with one attached hydrogen (secondary N) is 1. The van der Waals surface area contributed by atoms with Gasteiger partial charge in [0.15, 0.2) is 0 Å². The first kappa shape index (κ1) is 16.5. The summed E-state index contributed by atoms with van der Waals surface area (Å²) >= 11 is 0. The Morgan fingerprint density at radius 1 is 1.27 bits per heavy atom. The highest BCUT2D eigenvalue weighted by Gasteiger charge is 2.13. The van der Waals surface area contributed by atoms with Crippen LogP contribution in [0.15, 0.2) is 28.7 Å². The van der Waals surface area contributed by atoms with Gasteiger partial charge in [-0.2, -0.15) is 0 Å². The summed E-state index contributed by atoms with van der Waals surface area (Å²) in [7, 11) is -1.57. The van der Waals surface area contributed by atoms with Gasteiger partial charge in [0.1, 0.15) is 11.5 Å². The van der Waals surface area contributed by atoms with Crippen LogP contribution in [0.25, 0.3) is 11.5 Å². The summed E-state index contributed by atoms with van der Waals surface area (Å²) in [4.78, 5) is 4.44. The van der Waals surface area contributed by atoms with E-state index in [9.17, 15) is 8.42 Å². The quantitative estimate of drug-likeness (QED) is 0.844. The lowest BCUT2D eigenvalue weighted by molar-refractivity contribution is 0.415. The molecule has 0 spiro atoms. The summed E-state index contributed by atoms with van der Waals surface area (Å²) in [5, 5.41) is 0. The highest BCUT2D eigenvalue weighted by molar-refractivity contribution is 7.89. The van der Waals surface area contributed by atoms with Crippen molar-refractivity contribution < 1.29 is 17.6 Å². The van der Waals surface area contributed by atoms with Crippen LogP contribution < -0.4 is 9.46 Å². The van der Waals surface area contributed by atoms with Crippen molar-refractivity contribution in [3.63, 3.8) is 0 Å². The molecule has 0 amide bonds. The van der Waals surface area contributed by atoms with Gasteiger partial charge in [-0.15, -0.1) is 0 Å². The number of oxazole rings is 1. The molecule has 0 saturated heterocycles. The molecular weight excluding hydrogens is 304 g/mol. The number of sulfonamides is 1. The molecule has 0 unspecified atom stereocenters. The number of aryl methyl sites for hydroxylation is 1. The average molecular weight is 324 g/mol. The van der Waals surface area contributed by atoms with Crippen molar-refractivity contribution in [2.75, 3.05) is 19.4 Å². The molecule has 1 heterocycles. The molecule has 2 aromatic rings. The maximum absolute atomic E-state index is 11.4. The molecule has 120 valence electrons. The Morgan fingerprint density at radius 3 is 2.55 bits per heavy atom. The van der Waals surface area contributed by atoms with Gasteiger partial charge < -0.3 is 9.15 Å². The number of aromatic nitrogens is 1. The normalized spacial score (nSPS) is 11.6. The molecule has 0 atom stereocenters. The first-order valence-electron chi connectivity index (χ1n) is 7.03. The molecule has 0 radical (unpaired) electrons. The Morgan fingerprint density at radius 2 is 1.95 bits per heavy atom. The highest BCUT2D eigenvalue weighted by atomic mass is 32.2. The van der Waals surface area contributed by atoms with E-state index in [1.54, 1.807) is 14.0 Å². The molecule has 0 aliphatic rings. The number of hydrogen-bond acceptors (Lipinski definition) is 5. The Hall–Kier alpha value is -1.86. The van der Waals surface area contributed by atoms with Crippen LogP contribution in [0, 0.1) is 6.92 Å². The Labute approximate surface area is 130 Å². The second-order valence-electron chi connectivity index (χ2n) is 4.80. The predicted octanol–water partition coefficient (Wildman–Crippen LogP) is 2.14. The van der Waals surface area contributed by atoms with Crippen LogP contribution in [-0.4, -0.2) is 32.8 Å².